The van der Waals surface area contributed by atoms with Crippen LogP contribution >= 0.6 is 0 Å². The Kier molecular flexibility index (Phi) is 5.80. The normalized spacial score (nSPS) is 16.6. The number of sulfone groups is 1. The molecule has 29 heavy (non-hydrogen) atoms. The van der Waals surface area contributed by atoms with Crippen molar-refractivity contribution in [2.75, 3.05) is 19.6 Å². The number of phenolic OH excluding ortho intramolecular Hbond substituents is 1. The average Bonchev–Trinajstić information content (AvgIpc) is 3.11. The van der Waals surface area contributed by atoms with Crippen molar-refractivity contribution >= 4 is 9.84 Å². The third-order valence-electron chi connectivity index (χ3n) is 5.60. The van der Waals surface area contributed by atoms with Gasteiger partial charge in [0.2, 0.25) is 6.79 Å². The van der Waals surface area contributed by atoms with Crippen molar-refractivity contribution < 1.29 is 28.1 Å². The van der Waals surface area contributed by atoms with E-state index in [4.69, 9.17) is 15.2 Å². The summed E-state index contributed by atoms with van der Waals surface area (Å²) in [6, 6.07) is 10.0. The van der Waals surface area contributed by atoms with E-state index in [1.165, 1.54) is 12.1 Å². The van der Waals surface area contributed by atoms with E-state index in [0.717, 1.165) is 11.8 Å². The van der Waals surface area contributed by atoms with E-state index in [9.17, 15) is 18.6 Å². The number of aliphatic hydroxyl groups excluding tert-OH is 1. The SMILES string of the molecule is CC(C)C(CN)(c1ccc2c(c1)OCO2)C(O)c1ccc(O)c(CS(C)(=O)=O)c1. The molecule has 0 saturated carbocycles. The minimum absolute atomic E-state index is 0.0602. The van der Waals surface area contributed by atoms with Gasteiger partial charge in [-0.15, -0.1) is 0 Å². The predicted octanol–water partition coefficient (Wildman–Crippen LogP) is 2.25. The molecule has 0 saturated heterocycles. The van der Waals surface area contributed by atoms with Crippen molar-refractivity contribution in [2.24, 2.45) is 11.7 Å². The molecule has 2 aromatic rings. The Bertz CT molecular complexity index is 1000. The quantitative estimate of drug-likeness (QED) is 0.627. The number of hydrogen-bond donors (Lipinski definition) is 3. The molecule has 7 nitrogen and oxygen atoms in total. The van der Waals surface area contributed by atoms with Gasteiger partial charge < -0.3 is 25.4 Å². The van der Waals surface area contributed by atoms with Crippen LogP contribution in [0.1, 0.15) is 36.6 Å². The molecular formula is C21H27NO6S. The number of phenols is 1. The van der Waals surface area contributed by atoms with Crippen LogP contribution in [0.5, 0.6) is 17.2 Å². The number of aliphatic hydroxyl groups is 1. The molecule has 8 heteroatoms. The molecule has 0 bridgehead atoms. The molecule has 2 atom stereocenters. The van der Waals surface area contributed by atoms with Gasteiger partial charge in [-0.1, -0.05) is 26.0 Å². The number of aromatic hydroxyl groups is 1. The molecule has 0 amide bonds. The first kappa shape index (κ1) is 21.4. The fourth-order valence-corrected chi connectivity index (χ4v) is 4.73. The van der Waals surface area contributed by atoms with E-state index in [-0.39, 0.29) is 36.3 Å². The topological polar surface area (TPSA) is 119 Å². The van der Waals surface area contributed by atoms with Crippen molar-refractivity contribution in [1.82, 2.24) is 0 Å². The van der Waals surface area contributed by atoms with Crippen molar-refractivity contribution in [2.45, 2.75) is 31.1 Å². The highest BCUT2D eigenvalue weighted by atomic mass is 32.2. The van der Waals surface area contributed by atoms with Crippen LogP contribution in [-0.2, 0) is 21.0 Å². The van der Waals surface area contributed by atoms with Gasteiger partial charge in [0.15, 0.2) is 21.3 Å². The first-order valence-corrected chi connectivity index (χ1v) is 11.4. The van der Waals surface area contributed by atoms with Crippen molar-refractivity contribution in [3.63, 3.8) is 0 Å². The van der Waals surface area contributed by atoms with Gasteiger partial charge >= 0.3 is 0 Å². The van der Waals surface area contributed by atoms with Gasteiger partial charge in [-0.2, -0.15) is 0 Å². The van der Waals surface area contributed by atoms with E-state index in [0.29, 0.717) is 17.1 Å². The lowest BCUT2D eigenvalue weighted by Crippen LogP contribution is -2.45. The number of ether oxygens (including phenoxy) is 2. The summed E-state index contributed by atoms with van der Waals surface area (Å²) in [6.45, 7) is 4.23. The summed E-state index contributed by atoms with van der Waals surface area (Å²) in [6.07, 6.45) is 0.0623. The molecule has 4 N–H and O–H groups in total. The molecule has 0 spiro atoms. The van der Waals surface area contributed by atoms with Gasteiger partial charge in [0.25, 0.3) is 0 Å². The first-order chi connectivity index (χ1) is 13.6. The maximum atomic E-state index is 11.7. The zero-order valence-electron chi connectivity index (χ0n) is 16.8. The maximum Gasteiger partial charge on any atom is 0.231 e. The van der Waals surface area contributed by atoms with Gasteiger partial charge in [-0.25, -0.2) is 8.42 Å². The van der Waals surface area contributed by atoms with Crippen LogP contribution in [0, 0.1) is 5.92 Å². The van der Waals surface area contributed by atoms with Gasteiger partial charge in [0.1, 0.15) is 5.75 Å². The van der Waals surface area contributed by atoms with Crippen molar-refractivity contribution in [3.8, 4) is 17.2 Å². The average molecular weight is 422 g/mol. The fourth-order valence-electron chi connectivity index (χ4n) is 3.93. The Morgan fingerprint density at radius 2 is 1.83 bits per heavy atom. The lowest BCUT2D eigenvalue weighted by Gasteiger charge is -2.41. The van der Waals surface area contributed by atoms with E-state index in [1.54, 1.807) is 12.1 Å². The molecule has 2 aromatic carbocycles. The lowest BCUT2D eigenvalue weighted by molar-refractivity contribution is 0.0534. The molecule has 1 aliphatic rings. The van der Waals surface area contributed by atoms with Crippen molar-refractivity contribution in [3.05, 3.63) is 53.1 Å². The van der Waals surface area contributed by atoms with Crippen LogP contribution in [0.15, 0.2) is 36.4 Å². The molecule has 0 aliphatic carbocycles. The first-order valence-electron chi connectivity index (χ1n) is 9.36. The summed E-state index contributed by atoms with van der Waals surface area (Å²) < 4.78 is 34.3. The molecule has 3 rings (SSSR count). The van der Waals surface area contributed by atoms with Gasteiger partial charge in [-0.3, -0.25) is 0 Å². The van der Waals surface area contributed by atoms with E-state index >= 15 is 0 Å². The van der Waals surface area contributed by atoms with Crippen LogP contribution in [0.25, 0.3) is 0 Å². The van der Waals surface area contributed by atoms with Crippen molar-refractivity contribution in [1.29, 1.82) is 0 Å². The minimum atomic E-state index is -3.36. The highest BCUT2D eigenvalue weighted by Gasteiger charge is 2.43. The largest absolute Gasteiger partial charge is 0.508 e. The number of fused-ring (bicyclic) bond motifs is 1. The summed E-state index contributed by atoms with van der Waals surface area (Å²) in [7, 11) is -3.36. The van der Waals surface area contributed by atoms with E-state index < -0.39 is 21.4 Å². The second kappa shape index (κ2) is 7.85. The number of nitrogens with two attached hydrogens (primary N) is 1. The molecule has 1 aliphatic heterocycles. The molecule has 158 valence electrons. The Balaban J connectivity index is 2.09. The Hall–Kier alpha value is -2.29. The summed E-state index contributed by atoms with van der Waals surface area (Å²) in [5.41, 5.74) is 6.88. The Morgan fingerprint density at radius 3 is 2.45 bits per heavy atom. The number of rotatable bonds is 7. The van der Waals surface area contributed by atoms with Crippen LogP contribution in [0.4, 0.5) is 0 Å². The number of hydrogen-bond acceptors (Lipinski definition) is 7. The van der Waals surface area contributed by atoms with Crippen LogP contribution in [0.2, 0.25) is 0 Å². The highest BCUT2D eigenvalue weighted by molar-refractivity contribution is 7.89. The van der Waals surface area contributed by atoms with Gasteiger partial charge in [0, 0.05) is 23.8 Å². The standard InChI is InChI=1S/C21H27NO6S/c1-13(2)21(11-22,16-5-7-18-19(9-16)28-12-27-18)20(24)14-4-6-17(23)15(8-14)10-29(3,25)26/h4-9,13,20,23-24H,10-12,22H2,1-3H3. The molecule has 1 heterocycles. The monoisotopic (exact) mass is 421 g/mol. The fraction of sp³-hybridized carbons (Fsp3) is 0.429. The summed E-state index contributed by atoms with van der Waals surface area (Å²) in [4.78, 5) is 0. The predicted molar refractivity (Wildman–Crippen MR) is 110 cm³/mol. The van der Waals surface area contributed by atoms with Gasteiger partial charge in [-0.05, 0) is 41.3 Å². The minimum Gasteiger partial charge on any atom is -0.508 e. The third-order valence-corrected chi connectivity index (χ3v) is 6.44. The summed E-state index contributed by atoms with van der Waals surface area (Å²) in [5.74, 6) is 0.725. The summed E-state index contributed by atoms with van der Waals surface area (Å²) in [5, 5.41) is 21.5. The molecular weight excluding hydrogens is 394 g/mol. The Morgan fingerprint density at radius 1 is 1.14 bits per heavy atom. The highest BCUT2D eigenvalue weighted by Crippen LogP contribution is 2.46. The van der Waals surface area contributed by atoms with Crippen LogP contribution < -0.4 is 15.2 Å². The van der Waals surface area contributed by atoms with Crippen LogP contribution in [-0.4, -0.2) is 38.2 Å². The van der Waals surface area contributed by atoms with E-state index in [2.05, 4.69) is 0 Å². The zero-order chi connectivity index (χ0) is 21.4. The third kappa shape index (κ3) is 4.05. The van der Waals surface area contributed by atoms with E-state index in [1.807, 2.05) is 26.0 Å². The zero-order valence-corrected chi connectivity index (χ0v) is 17.6. The molecule has 2 unspecified atom stereocenters. The maximum absolute atomic E-state index is 11.7. The van der Waals surface area contributed by atoms with Crippen LogP contribution in [0.3, 0.4) is 0 Å². The number of benzene rings is 2. The summed E-state index contributed by atoms with van der Waals surface area (Å²) >= 11 is 0. The smallest absolute Gasteiger partial charge is 0.231 e. The second-order valence-electron chi connectivity index (χ2n) is 7.83. The second-order valence-corrected chi connectivity index (χ2v) is 9.97. The lowest BCUT2D eigenvalue weighted by atomic mass is 9.66. The molecule has 0 fully saturated rings. The Labute approximate surface area is 171 Å². The molecule has 0 aromatic heterocycles. The molecule has 0 radical (unpaired) electrons. The van der Waals surface area contributed by atoms with Gasteiger partial charge in [0.05, 0.1) is 11.9 Å².